The molecule has 1 heterocycles. The van der Waals surface area contributed by atoms with Gasteiger partial charge in [-0.1, -0.05) is 49.6 Å². The Labute approximate surface area is 174 Å². The van der Waals surface area contributed by atoms with Crippen molar-refractivity contribution in [3.05, 3.63) is 65.5 Å². The highest BCUT2D eigenvalue weighted by atomic mass is 32.1. The van der Waals surface area contributed by atoms with Crippen LogP contribution in [0.3, 0.4) is 0 Å². The predicted molar refractivity (Wildman–Crippen MR) is 117 cm³/mol. The Morgan fingerprint density at radius 3 is 2.59 bits per heavy atom. The van der Waals surface area contributed by atoms with Gasteiger partial charge in [0.15, 0.2) is 0 Å². The normalized spacial score (nSPS) is 14.8. The molecule has 0 saturated heterocycles. The molecule has 6 heteroatoms. The van der Waals surface area contributed by atoms with Gasteiger partial charge in [0.2, 0.25) is 5.13 Å². The minimum absolute atomic E-state index is 0.0493. The highest BCUT2D eigenvalue weighted by molar-refractivity contribution is 7.14. The van der Waals surface area contributed by atoms with Crippen molar-refractivity contribution in [2.24, 2.45) is 11.0 Å². The lowest BCUT2D eigenvalue weighted by molar-refractivity contribution is -0.139. The van der Waals surface area contributed by atoms with Gasteiger partial charge >= 0.3 is 5.97 Å². The highest BCUT2D eigenvalue weighted by Crippen LogP contribution is 2.26. The second-order valence-electron chi connectivity index (χ2n) is 7.10. The summed E-state index contributed by atoms with van der Waals surface area (Å²) in [7, 11) is 0. The van der Waals surface area contributed by atoms with Gasteiger partial charge in [-0.05, 0) is 42.7 Å². The summed E-state index contributed by atoms with van der Waals surface area (Å²) in [6.45, 7) is 0. The van der Waals surface area contributed by atoms with E-state index in [9.17, 15) is 4.79 Å². The number of aromatic nitrogens is 1. The van der Waals surface area contributed by atoms with Crippen molar-refractivity contribution in [1.82, 2.24) is 4.98 Å². The van der Waals surface area contributed by atoms with Crippen molar-refractivity contribution >= 4 is 28.7 Å². The maximum Gasteiger partial charge on any atom is 0.314 e. The van der Waals surface area contributed by atoms with Crippen LogP contribution < -0.4 is 10.2 Å². The Morgan fingerprint density at radius 1 is 1.07 bits per heavy atom. The van der Waals surface area contributed by atoms with Crippen molar-refractivity contribution in [2.45, 2.75) is 32.1 Å². The number of esters is 1. The van der Waals surface area contributed by atoms with Gasteiger partial charge in [-0.3, -0.25) is 10.2 Å². The molecule has 1 fully saturated rings. The van der Waals surface area contributed by atoms with Gasteiger partial charge in [-0.15, -0.1) is 11.3 Å². The summed E-state index contributed by atoms with van der Waals surface area (Å²) in [6.07, 6.45) is 7.06. The van der Waals surface area contributed by atoms with Crippen LogP contribution in [0.4, 0.5) is 5.13 Å². The lowest BCUT2D eigenvalue weighted by atomic mass is 9.89. The third-order valence-corrected chi connectivity index (χ3v) is 5.73. The van der Waals surface area contributed by atoms with E-state index in [4.69, 9.17) is 4.74 Å². The van der Waals surface area contributed by atoms with Crippen molar-refractivity contribution in [3.63, 3.8) is 0 Å². The molecular weight excluding hydrogens is 382 g/mol. The quantitative estimate of drug-likeness (QED) is 0.246. The molecule has 0 aliphatic heterocycles. The Morgan fingerprint density at radius 2 is 1.83 bits per heavy atom. The fraction of sp³-hybridized carbons (Fsp3) is 0.261. The zero-order valence-electron chi connectivity index (χ0n) is 16.1. The average molecular weight is 406 g/mol. The second kappa shape index (κ2) is 9.47. The molecule has 1 aromatic heterocycles. The molecule has 0 spiro atoms. The maximum atomic E-state index is 12.2. The summed E-state index contributed by atoms with van der Waals surface area (Å²) in [5.74, 6) is 0.525. The Bertz CT molecular complexity index is 961. The first kappa shape index (κ1) is 19.3. The first-order valence-electron chi connectivity index (χ1n) is 9.90. The molecule has 0 radical (unpaired) electrons. The lowest BCUT2D eigenvalue weighted by Crippen LogP contribution is -2.22. The van der Waals surface area contributed by atoms with Gasteiger partial charge in [0, 0.05) is 10.9 Å². The number of hydrogen-bond acceptors (Lipinski definition) is 6. The largest absolute Gasteiger partial charge is 0.426 e. The van der Waals surface area contributed by atoms with E-state index in [1.54, 1.807) is 18.3 Å². The third kappa shape index (κ3) is 5.29. The minimum Gasteiger partial charge on any atom is -0.426 e. The number of benzene rings is 2. The van der Waals surface area contributed by atoms with Gasteiger partial charge in [0.25, 0.3) is 0 Å². The fourth-order valence-corrected chi connectivity index (χ4v) is 4.06. The summed E-state index contributed by atoms with van der Waals surface area (Å²) in [5, 5.41) is 6.99. The van der Waals surface area contributed by atoms with Crippen molar-refractivity contribution in [2.75, 3.05) is 5.43 Å². The van der Waals surface area contributed by atoms with Gasteiger partial charge < -0.3 is 4.74 Å². The topological polar surface area (TPSA) is 63.6 Å². The molecular formula is C23H23N3O2S. The molecule has 2 aromatic carbocycles. The third-order valence-electron chi connectivity index (χ3n) is 4.98. The number of hydrazone groups is 1. The minimum atomic E-state index is -0.106. The molecule has 0 amide bonds. The molecule has 148 valence electrons. The van der Waals surface area contributed by atoms with Gasteiger partial charge in [-0.25, -0.2) is 4.98 Å². The summed E-state index contributed by atoms with van der Waals surface area (Å²) in [4.78, 5) is 16.8. The Hall–Kier alpha value is -2.99. The Kier molecular flexibility index (Phi) is 6.32. The van der Waals surface area contributed by atoms with E-state index in [1.807, 2.05) is 47.8 Å². The summed E-state index contributed by atoms with van der Waals surface area (Å²) in [6, 6.07) is 17.4. The van der Waals surface area contributed by atoms with E-state index >= 15 is 0 Å². The van der Waals surface area contributed by atoms with E-state index in [0.717, 1.165) is 47.6 Å². The summed E-state index contributed by atoms with van der Waals surface area (Å²) < 4.78 is 5.52. The molecule has 0 bridgehead atoms. The predicted octanol–water partition coefficient (Wildman–Crippen LogP) is 5.74. The molecule has 1 aliphatic rings. The number of rotatable bonds is 6. The van der Waals surface area contributed by atoms with Crippen molar-refractivity contribution in [3.8, 4) is 17.0 Å². The molecule has 1 N–H and O–H groups in total. The van der Waals surface area contributed by atoms with Crippen molar-refractivity contribution in [1.29, 1.82) is 0 Å². The lowest BCUT2D eigenvalue weighted by Gasteiger charge is -2.19. The molecule has 1 aliphatic carbocycles. The molecule has 0 atom stereocenters. The van der Waals surface area contributed by atoms with Crippen molar-refractivity contribution < 1.29 is 9.53 Å². The SMILES string of the molecule is O=C(Oc1ccc(C=NNc2nc(-c3ccccc3)cs2)cc1)C1CCCCC1. The second-order valence-corrected chi connectivity index (χ2v) is 7.96. The molecule has 3 aromatic rings. The summed E-state index contributed by atoms with van der Waals surface area (Å²) >= 11 is 1.51. The fourth-order valence-electron chi connectivity index (χ4n) is 3.39. The van der Waals surface area contributed by atoms with Crippen LogP contribution in [0.1, 0.15) is 37.7 Å². The highest BCUT2D eigenvalue weighted by Gasteiger charge is 2.22. The molecule has 29 heavy (non-hydrogen) atoms. The average Bonchev–Trinajstić information content (AvgIpc) is 3.25. The zero-order valence-corrected chi connectivity index (χ0v) is 16.9. The molecule has 4 rings (SSSR count). The number of anilines is 1. The van der Waals surface area contributed by atoms with Crippen LogP contribution in [0.15, 0.2) is 65.1 Å². The Balaban J connectivity index is 1.30. The van der Waals surface area contributed by atoms with E-state index in [1.165, 1.54) is 17.8 Å². The summed E-state index contributed by atoms with van der Waals surface area (Å²) in [5.41, 5.74) is 5.89. The number of carbonyl (C=O) groups is 1. The first-order chi connectivity index (χ1) is 14.3. The van der Waals surface area contributed by atoms with E-state index in [0.29, 0.717) is 5.75 Å². The van der Waals surface area contributed by atoms with Crippen LogP contribution in [0, 0.1) is 5.92 Å². The number of ether oxygens (including phenoxy) is 1. The first-order valence-corrected chi connectivity index (χ1v) is 10.8. The van der Waals surface area contributed by atoms with Gasteiger partial charge in [-0.2, -0.15) is 5.10 Å². The van der Waals surface area contributed by atoms with E-state index in [-0.39, 0.29) is 11.9 Å². The molecule has 5 nitrogen and oxygen atoms in total. The van der Waals surface area contributed by atoms with Crippen LogP contribution in [0.5, 0.6) is 5.75 Å². The smallest absolute Gasteiger partial charge is 0.314 e. The monoisotopic (exact) mass is 405 g/mol. The van der Waals surface area contributed by atoms with Gasteiger partial charge in [0.1, 0.15) is 5.75 Å². The molecule has 1 saturated carbocycles. The molecule has 0 unspecified atom stereocenters. The van der Waals surface area contributed by atoms with E-state index in [2.05, 4.69) is 15.5 Å². The number of carbonyl (C=O) groups excluding carboxylic acids is 1. The van der Waals surface area contributed by atoms with Gasteiger partial charge in [0.05, 0.1) is 17.8 Å². The number of thiazole rings is 1. The van der Waals surface area contributed by atoms with Crippen LogP contribution in [0.2, 0.25) is 0 Å². The number of nitrogens with one attached hydrogen (secondary N) is 1. The maximum absolute atomic E-state index is 12.2. The number of nitrogens with zero attached hydrogens (tertiary/aromatic N) is 2. The van der Waals surface area contributed by atoms with Crippen LogP contribution in [0.25, 0.3) is 11.3 Å². The zero-order chi connectivity index (χ0) is 19.9. The standard InChI is InChI=1S/C23H23N3O2S/c27-22(19-9-5-2-6-10-19)28-20-13-11-17(12-14-20)15-24-26-23-25-21(16-29-23)18-7-3-1-4-8-18/h1,3-4,7-8,11-16,19H,2,5-6,9-10H2,(H,25,26). The van der Waals surface area contributed by atoms with Crippen LogP contribution in [-0.2, 0) is 4.79 Å². The number of hydrogen-bond donors (Lipinski definition) is 1. The van der Waals surface area contributed by atoms with Crippen LogP contribution >= 0.6 is 11.3 Å². The van der Waals surface area contributed by atoms with Crippen LogP contribution in [-0.4, -0.2) is 17.2 Å². The van der Waals surface area contributed by atoms with E-state index < -0.39 is 0 Å².